The van der Waals surface area contributed by atoms with Crippen LogP contribution >= 0.6 is 0 Å². The highest BCUT2D eigenvalue weighted by Crippen LogP contribution is 2.46. The van der Waals surface area contributed by atoms with E-state index in [9.17, 15) is 9.59 Å². The molecule has 0 amide bonds. The van der Waals surface area contributed by atoms with Crippen molar-refractivity contribution in [3.8, 4) is 0 Å². The summed E-state index contributed by atoms with van der Waals surface area (Å²) in [5, 5.41) is 9.20. The van der Waals surface area contributed by atoms with Gasteiger partial charge in [-0.15, -0.1) is 0 Å². The van der Waals surface area contributed by atoms with Crippen LogP contribution in [0.15, 0.2) is 24.3 Å². The number of hydrogen-bond acceptors (Lipinski definition) is 5. The Labute approximate surface area is 279 Å². The van der Waals surface area contributed by atoms with Gasteiger partial charge in [-0.05, 0) is 88.6 Å². The summed E-state index contributed by atoms with van der Waals surface area (Å²) in [5.41, 5.74) is -0.597. The number of allylic oxidation sites excluding steroid dienone is 2. The van der Waals surface area contributed by atoms with E-state index in [0.29, 0.717) is 12.8 Å². The highest BCUT2D eigenvalue weighted by Gasteiger charge is 2.49. The van der Waals surface area contributed by atoms with Gasteiger partial charge < -0.3 is 18.7 Å². The molecule has 45 heavy (non-hydrogen) atoms. The number of carboxylic acids is 1. The van der Waals surface area contributed by atoms with Crippen LogP contribution < -0.4 is 0 Å². The van der Waals surface area contributed by atoms with Gasteiger partial charge in [0.05, 0.1) is 17.6 Å². The molecule has 1 rings (SSSR count). The molecule has 1 fully saturated rings. The molecule has 262 valence electrons. The smallest absolute Gasteiger partial charge is 0.311 e. The molecule has 1 saturated carbocycles. The van der Waals surface area contributed by atoms with Crippen molar-refractivity contribution in [1.82, 2.24) is 0 Å². The van der Waals surface area contributed by atoms with Gasteiger partial charge in [-0.3, -0.25) is 9.59 Å². The van der Waals surface area contributed by atoms with Crippen molar-refractivity contribution in [2.24, 2.45) is 17.3 Å². The molecule has 1 aliphatic carbocycles. The maximum atomic E-state index is 13.3. The Hall–Kier alpha value is -1.23. The summed E-state index contributed by atoms with van der Waals surface area (Å²) in [6.45, 7) is 30.8. The summed E-state index contributed by atoms with van der Waals surface area (Å²) >= 11 is 0. The molecule has 0 unspecified atom stereocenters. The first-order valence-corrected chi connectivity index (χ1v) is 23.4. The molecule has 0 aromatic heterocycles. The molecule has 0 aliphatic heterocycles. The molecule has 0 radical (unpaired) electrons. The minimum absolute atomic E-state index is 0.00794. The van der Waals surface area contributed by atoms with Gasteiger partial charge in [-0.25, -0.2) is 0 Å². The predicted molar refractivity (Wildman–Crippen MR) is 194 cm³/mol. The van der Waals surface area contributed by atoms with Gasteiger partial charge in [-0.1, -0.05) is 92.0 Å². The molecule has 0 aromatic rings. The standard InChI is InChI=1S/C37H70O6Si2/c1-15-16-19-22-28(42-44(11,12)36(5,6)7)25-26-30-29(23-20-17-18-21-24-33(38)39)32(43-45(13,14)37(8,9)10)27-31(30)41-34(40)35(2,3)4/h17,20,25-26,28-32H,15-16,18-19,21-24,27H2,1-14H3,(H,38,39)/b20-17-,26-25+/t28-,29+,30+,31+,32-/m0/s1. The van der Waals surface area contributed by atoms with Crippen LogP contribution in [-0.2, 0) is 23.2 Å². The lowest BCUT2D eigenvalue weighted by Gasteiger charge is -2.40. The average molecular weight is 667 g/mol. The Morgan fingerprint density at radius 2 is 1.47 bits per heavy atom. The van der Waals surface area contributed by atoms with Gasteiger partial charge in [0, 0.05) is 18.8 Å². The zero-order chi connectivity index (χ0) is 34.9. The van der Waals surface area contributed by atoms with Crippen LogP contribution in [0.1, 0.15) is 127 Å². The van der Waals surface area contributed by atoms with Gasteiger partial charge >= 0.3 is 11.9 Å². The van der Waals surface area contributed by atoms with Crippen molar-refractivity contribution >= 4 is 28.6 Å². The molecule has 0 heterocycles. The molecule has 0 bridgehead atoms. The van der Waals surface area contributed by atoms with Crippen molar-refractivity contribution in [2.45, 2.75) is 182 Å². The molecule has 1 aliphatic rings. The quantitative estimate of drug-likeness (QED) is 0.0720. The topological polar surface area (TPSA) is 82.1 Å². The number of rotatable bonds is 17. The third-order valence-corrected chi connectivity index (χ3v) is 19.2. The molecule has 6 nitrogen and oxygen atoms in total. The first-order valence-electron chi connectivity index (χ1n) is 17.5. The van der Waals surface area contributed by atoms with Crippen molar-refractivity contribution in [3.63, 3.8) is 0 Å². The van der Waals surface area contributed by atoms with E-state index in [1.165, 1.54) is 6.42 Å². The highest BCUT2D eigenvalue weighted by molar-refractivity contribution is 6.74. The Morgan fingerprint density at radius 3 is 1.98 bits per heavy atom. The van der Waals surface area contributed by atoms with Crippen molar-refractivity contribution < 1.29 is 28.3 Å². The number of carbonyl (C=O) groups is 2. The van der Waals surface area contributed by atoms with E-state index < -0.39 is 28.0 Å². The van der Waals surface area contributed by atoms with E-state index in [1.807, 2.05) is 20.8 Å². The molecular formula is C37H70O6Si2. The molecule has 8 heteroatoms. The van der Waals surface area contributed by atoms with Gasteiger partial charge in [-0.2, -0.15) is 0 Å². The second kappa shape index (κ2) is 17.3. The van der Waals surface area contributed by atoms with Crippen molar-refractivity contribution in [2.75, 3.05) is 0 Å². The number of carbonyl (C=O) groups excluding carboxylic acids is 1. The summed E-state index contributed by atoms with van der Waals surface area (Å²) in [6.07, 6.45) is 16.0. The first-order chi connectivity index (χ1) is 20.4. The largest absolute Gasteiger partial charge is 0.481 e. The summed E-state index contributed by atoms with van der Waals surface area (Å²) in [4.78, 5) is 24.3. The third-order valence-electron chi connectivity index (χ3n) is 10.2. The molecule has 5 atom stereocenters. The van der Waals surface area contributed by atoms with Crippen molar-refractivity contribution in [1.29, 1.82) is 0 Å². The number of ether oxygens (including phenoxy) is 1. The lowest BCUT2D eigenvalue weighted by Crippen LogP contribution is -2.45. The van der Waals surface area contributed by atoms with E-state index >= 15 is 0 Å². The number of esters is 1. The summed E-state index contributed by atoms with van der Waals surface area (Å²) in [5.74, 6) is -0.817. The molecular weight excluding hydrogens is 597 g/mol. The van der Waals surface area contributed by atoms with E-state index in [-0.39, 0.29) is 52.6 Å². The molecule has 1 N–H and O–H groups in total. The summed E-state index contributed by atoms with van der Waals surface area (Å²) < 4.78 is 20.4. The van der Waals surface area contributed by atoms with E-state index in [0.717, 1.165) is 32.1 Å². The molecule has 0 spiro atoms. The minimum Gasteiger partial charge on any atom is -0.481 e. The highest BCUT2D eigenvalue weighted by atomic mass is 28.4. The SMILES string of the molecule is CCCCC[C@@H](/C=C/[C@@H]1[C@@H](C/C=C\CCCC(=O)O)[C@@H](O[Si](C)(C)C(C)(C)C)C[C@H]1OC(=O)C(C)(C)C)O[Si](C)(C)C(C)(C)C. The Bertz CT molecular complexity index is 980. The minimum atomic E-state index is -2.11. The number of carboxylic acid groups (broad SMARTS) is 1. The lowest BCUT2D eigenvalue weighted by molar-refractivity contribution is -0.160. The fourth-order valence-electron chi connectivity index (χ4n) is 5.13. The van der Waals surface area contributed by atoms with Gasteiger partial charge in [0.15, 0.2) is 16.6 Å². The summed E-state index contributed by atoms with van der Waals surface area (Å²) in [7, 11) is -4.12. The van der Waals surface area contributed by atoms with E-state index in [1.54, 1.807) is 0 Å². The molecule has 0 saturated heterocycles. The average Bonchev–Trinajstić information content (AvgIpc) is 3.17. The van der Waals surface area contributed by atoms with Gasteiger partial charge in [0.1, 0.15) is 6.10 Å². The number of aliphatic carboxylic acids is 1. The van der Waals surface area contributed by atoms with Gasteiger partial charge in [0.25, 0.3) is 0 Å². The van der Waals surface area contributed by atoms with E-state index in [4.69, 9.17) is 18.7 Å². The maximum Gasteiger partial charge on any atom is 0.311 e. The fraction of sp³-hybridized carbons (Fsp3) is 0.838. The first kappa shape index (κ1) is 41.8. The normalized spacial score (nSPS) is 22.8. The van der Waals surface area contributed by atoms with Crippen LogP contribution in [0, 0.1) is 17.3 Å². The maximum absolute atomic E-state index is 13.3. The van der Waals surface area contributed by atoms with Crippen LogP contribution in [0.3, 0.4) is 0 Å². The lowest BCUT2D eigenvalue weighted by atomic mass is 9.89. The summed E-state index contributed by atoms with van der Waals surface area (Å²) in [6, 6.07) is 0. The zero-order valence-corrected chi connectivity index (χ0v) is 33.5. The zero-order valence-electron chi connectivity index (χ0n) is 31.5. The predicted octanol–water partition coefficient (Wildman–Crippen LogP) is 10.7. The Balaban J connectivity index is 3.54. The monoisotopic (exact) mass is 666 g/mol. The second-order valence-corrected chi connectivity index (χ2v) is 26.9. The van der Waals surface area contributed by atoms with Crippen LogP contribution in [0.5, 0.6) is 0 Å². The van der Waals surface area contributed by atoms with Crippen LogP contribution in [0.2, 0.25) is 36.3 Å². The second-order valence-electron chi connectivity index (χ2n) is 17.4. The van der Waals surface area contributed by atoms with Crippen LogP contribution in [-0.4, -0.2) is 52.0 Å². The van der Waals surface area contributed by atoms with E-state index in [2.05, 4.69) is 99.0 Å². The van der Waals surface area contributed by atoms with Crippen molar-refractivity contribution in [3.05, 3.63) is 24.3 Å². The van der Waals surface area contributed by atoms with Gasteiger partial charge in [0.2, 0.25) is 0 Å². The third kappa shape index (κ3) is 13.8. The Kier molecular flexibility index (Phi) is 16.0. The number of unbranched alkanes of at least 4 members (excludes halogenated alkanes) is 3. The fourth-order valence-corrected chi connectivity index (χ4v) is 7.82. The van der Waals surface area contributed by atoms with Crippen LogP contribution in [0.4, 0.5) is 0 Å². The van der Waals surface area contributed by atoms with Crippen LogP contribution in [0.25, 0.3) is 0 Å². The molecule has 0 aromatic carbocycles. The number of hydrogen-bond donors (Lipinski definition) is 1. The Morgan fingerprint density at radius 1 is 0.867 bits per heavy atom.